The summed E-state index contributed by atoms with van der Waals surface area (Å²) in [5.41, 5.74) is 3.71. The third-order valence-corrected chi connectivity index (χ3v) is 5.19. The van der Waals surface area contributed by atoms with Gasteiger partial charge in [0.15, 0.2) is 5.12 Å². The minimum Gasteiger partial charge on any atom is -0.312 e. The summed E-state index contributed by atoms with van der Waals surface area (Å²) in [5, 5.41) is 0.113. The maximum absolute atomic E-state index is 12.1. The number of nitrogens with zero attached hydrogens (tertiary/aromatic N) is 2. The van der Waals surface area contributed by atoms with Crippen LogP contribution in [0.3, 0.4) is 0 Å². The van der Waals surface area contributed by atoms with Gasteiger partial charge in [0.1, 0.15) is 0 Å². The highest BCUT2D eigenvalue weighted by Gasteiger charge is 2.30. The van der Waals surface area contributed by atoms with E-state index < -0.39 is 0 Å². The summed E-state index contributed by atoms with van der Waals surface area (Å²) in [6.45, 7) is 2.26. The van der Waals surface area contributed by atoms with E-state index in [0.717, 1.165) is 21.7 Å². The number of rotatable bonds is 3. The lowest BCUT2D eigenvalue weighted by Gasteiger charge is -2.16. The largest absolute Gasteiger partial charge is 0.312 e. The smallest absolute Gasteiger partial charge is 0.227 e. The lowest BCUT2D eigenvalue weighted by Crippen LogP contribution is -2.24. The molecule has 1 amide bonds. The van der Waals surface area contributed by atoms with Crippen LogP contribution >= 0.6 is 23.1 Å². The van der Waals surface area contributed by atoms with Crippen molar-refractivity contribution in [1.82, 2.24) is 4.98 Å². The summed E-state index contributed by atoms with van der Waals surface area (Å²) in [6.07, 6.45) is 0.529. The van der Waals surface area contributed by atoms with Crippen LogP contribution in [0.1, 0.15) is 13.3 Å². The van der Waals surface area contributed by atoms with Crippen LogP contribution in [0.2, 0.25) is 0 Å². The van der Waals surface area contributed by atoms with E-state index in [1.807, 2.05) is 28.6 Å². The lowest BCUT2D eigenvalue weighted by molar-refractivity contribution is -0.117. The average Bonchev–Trinajstić information content (AvgIpc) is 3.01. The van der Waals surface area contributed by atoms with Gasteiger partial charge in [0.25, 0.3) is 0 Å². The normalized spacial score (nSPS) is 18.9. The third-order valence-electron chi connectivity index (χ3n) is 3.35. The molecule has 0 aliphatic carbocycles. The Morgan fingerprint density at radius 1 is 1.55 bits per heavy atom. The van der Waals surface area contributed by atoms with E-state index in [1.165, 1.54) is 11.8 Å². The quantitative estimate of drug-likeness (QED) is 0.875. The highest BCUT2D eigenvalue weighted by atomic mass is 32.2. The minimum atomic E-state index is 0.113. The van der Waals surface area contributed by atoms with Gasteiger partial charge in [-0.3, -0.25) is 9.59 Å². The van der Waals surface area contributed by atoms with Crippen molar-refractivity contribution < 1.29 is 9.59 Å². The van der Waals surface area contributed by atoms with Crippen LogP contribution in [0, 0.1) is 5.92 Å². The van der Waals surface area contributed by atoms with Crippen molar-refractivity contribution in [3.8, 4) is 0 Å². The SMILES string of the molecule is CC(=O)SCC1CC(=O)N(c2ccc3ncsc3c2)C1. The van der Waals surface area contributed by atoms with Crippen LogP contribution in [0.15, 0.2) is 23.7 Å². The summed E-state index contributed by atoms with van der Waals surface area (Å²) in [6, 6.07) is 5.91. The average molecular weight is 306 g/mol. The highest BCUT2D eigenvalue weighted by Crippen LogP contribution is 2.30. The summed E-state index contributed by atoms with van der Waals surface area (Å²) >= 11 is 2.88. The van der Waals surface area contributed by atoms with Crippen LogP contribution in [0.4, 0.5) is 5.69 Å². The van der Waals surface area contributed by atoms with E-state index in [1.54, 1.807) is 18.3 Å². The molecule has 0 bridgehead atoms. The number of amides is 1. The predicted molar refractivity (Wildman–Crippen MR) is 83.2 cm³/mol. The summed E-state index contributed by atoms with van der Waals surface area (Å²) < 4.78 is 1.09. The second kappa shape index (κ2) is 5.54. The van der Waals surface area contributed by atoms with Crippen molar-refractivity contribution in [3.05, 3.63) is 23.7 Å². The molecule has 1 fully saturated rings. The van der Waals surface area contributed by atoms with Gasteiger partial charge in [-0.05, 0) is 24.1 Å². The summed E-state index contributed by atoms with van der Waals surface area (Å²) in [7, 11) is 0. The molecule has 2 heterocycles. The molecule has 1 atom stereocenters. The first kappa shape index (κ1) is 13.6. The van der Waals surface area contributed by atoms with E-state index in [-0.39, 0.29) is 16.9 Å². The zero-order chi connectivity index (χ0) is 14.1. The number of carbonyl (C=O) groups excluding carboxylic acids is 2. The summed E-state index contributed by atoms with van der Waals surface area (Å²) in [4.78, 5) is 29.2. The topological polar surface area (TPSA) is 50.3 Å². The monoisotopic (exact) mass is 306 g/mol. The van der Waals surface area contributed by atoms with E-state index >= 15 is 0 Å². The fourth-order valence-electron chi connectivity index (χ4n) is 2.39. The van der Waals surface area contributed by atoms with Gasteiger partial charge in [-0.15, -0.1) is 11.3 Å². The fraction of sp³-hybridized carbons (Fsp3) is 0.357. The number of benzene rings is 1. The molecule has 4 nitrogen and oxygen atoms in total. The standard InChI is InChI=1S/C14H14N2O2S2/c1-9(17)19-7-10-4-14(18)16(6-10)11-2-3-12-13(5-11)20-8-15-12/h2-3,5,8,10H,4,6-7H2,1H3. The molecule has 1 aromatic carbocycles. The molecule has 1 aliphatic heterocycles. The molecule has 20 heavy (non-hydrogen) atoms. The van der Waals surface area contributed by atoms with Crippen molar-refractivity contribution in [2.45, 2.75) is 13.3 Å². The second-order valence-corrected chi connectivity index (χ2v) is 6.96. The first-order chi connectivity index (χ1) is 9.63. The Hall–Kier alpha value is -1.40. The van der Waals surface area contributed by atoms with E-state index in [0.29, 0.717) is 13.0 Å². The number of hydrogen-bond donors (Lipinski definition) is 0. The van der Waals surface area contributed by atoms with Gasteiger partial charge >= 0.3 is 0 Å². The Bertz CT molecular complexity index is 668. The number of thioether (sulfide) groups is 1. The molecule has 0 saturated carbocycles. The van der Waals surface area contributed by atoms with Crippen LogP contribution in [-0.2, 0) is 9.59 Å². The second-order valence-electron chi connectivity index (χ2n) is 4.88. The first-order valence-corrected chi connectivity index (χ1v) is 8.27. The van der Waals surface area contributed by atoms with Crippen LogP contribution in [0.25, 0.3) is 10.2 Å². The van der Waals surface area contributed by atoms with Crippen LogP contribution < -0.4 is 4.90 Å². The van der Waals surface area contributed by atoms with E-state index in [9.17, 15) is 9.59 Å². The summed E-state index contributed by atoms with van der Waals surface area (Å²) in [5.74, 6) is 1.12. The molecule has 1 aliphatic rings. The van der Waals surface area contributed by atoms with Gasteiger partial charge in [0, 0.05) is 31.3 Å². The highest BCUT2D eigenvalue weighted by molar-refractivity contribution is 8.13. The molecular formula is C14H14N2O2S2. The van der Waals surface area contributed by atoms with Crippen LogP contribution in [-0.4, -0.2) is 28.3 Å². The molecule has 3 rings (SSSR count). The molecular weight excluding hydrogens is 292 g/mol. The van der Waals surface area contributed by atoms with Crippen LogP contribution in [0.5, 0.6) is 0 Å². The number of carbonyl (C=O) groups is 2. The molecule has 1 aromatic heterocycles. The molecule has 1 unspecified atom stereocenters. The van der Waals surface area contributed by atoms with Gasteiger partial charge in [-0.1, -0.05) is 11.8 Å². The Labute approximate surface area is 125 Å². The molecule has 0 radical (unpaired) electrons. The number of thiazole rings is 1. The maximum atomic E-state index is 12.1. The Balaban J connectivity index is 1.76. The molecule has 104 valence electrons. The van der Waals surface area contributed by atoms with Crippen molar-refractivity contribution in [1.29, 1.82) is 0 Å². The van der Waals surface area contributed by atoms with E-state index in [4.69, 9.17) is 0 Å². The van der Waals surface area contributed by atoms with Gasteiger partial charge in [-0.2, -0.15) is 0 Å². The zero-order valence-corrected chi connectivity index (χ0v) is 12.7. The molecule has 6 heteroatoms. The zero-order valence-electron chi connectivity index (χ0n) is 11.0. The minimum absolute atomic E-state index is 0.113. The molecule has 0 N–H and O–H groups in total. The Kier molecular flexibility index (Phi) is 3.76. The Morgan fingerprint density at radius 2 is 2.40 bits per heavy atom. The number of anilines is 1. The number of hydrogen-bond acceptors (Lipinski definition) is 5. The Morgan fingerprint density at radius 3 is 3.20 bits per heavy atom. The third kappa shape index (κ3) is 2.71. The first-order valence-electron chi connectivity index (χ1n) is 6.40. The molecule has 0 spiro atoms. The van der Waals surface area contributed by atoms with Crippen molar-refractivity contribution in [3.63, 3.8) is 0 Å². The predicted octanol–water partition coefficient (Wildman–Crippen LogP) is 2.93. The molecule has 2 aromatic rings. The number of aromatic nitrogens is 1. The lowest BCUT2D eigenvalue weighted by atomic mass is 10.1. The van der Waals surface area contributed by atoms with Gasteiger partial charge in [-0.25, -0.2) is 4.98 Å². The van der Waals surface area contributed by atoms with Gasteiger partial charge in [0.05, 0.1) is 15.7 Å². The fourth-order valence-corrected chi connectivity index (χ4v) is 3.79. The maximum Gasteiger partial charge on any atom is 0.227 e. The van der Waals surface area contributed by atoms with Crippen molar-refractivity contribution >= 4 is 50.0 Å². The van der Waals surface area contributed by atoms with Gasteiger partial charge < -0.3 is 4.90 Å². The van der Waals surface area contributed by atoms with Crippen molar-refractivity contribution in [2.75, 3.05) is 17.2 Å². The molecule has 1 saturated heterocycles. The van der Waals surface area contributed by atoms with E-state index in [2.05, 4.69) is 4.98 Å². The van der Waals surface area contributed by atoms with Crippen molar-refractivity contribution in [2.24, 2.45) is 5.92 Å². The number of fused-ring (bicyclic) bond motifs is 1. The van der Waals surface area contributed by atoms with Gasteiger partial charge in [0.2, 0.25) is 5.91 Å².